The van der Waals surface area contributed by atoms with Crippen molar-refractivity contribution in [3.8, 4) is 5.75 Å². The number of rotatable bonds is 9. The zero-order chi connectivity index (χ0) is 24.2. The Labute approximate surface area is 193 Å². The minimum absolute atomic E-state index is 0.110. The summed E-state index contributed by atoms with van der Waals surface area (Å²) in [6.45, 7) is 5.69. The number of aliphatic carboxylic acids is 2. The standard InChI is InChI=1S/C26H31NO6/c1-25(2)20(22(28)29)13-14-26(25,3)24(32)27-21(23(30)31)15-17-9-11-19(12-10-17)33-16-18-7-5-4-6-8-18/h4-12,20-21H,13-16H2,1-3H3,(H,27,32)(H,28,29)(H,30,31)/t20?,21-,26?/m0/s1. The second-order valence-corrected chi connectivity index (χ2v) is 9.47. The van der Waals surface area contributed by atoms with Gasteiger partial charge in [0, 0.05) is 6.42 Å². The van der Waals surface area contributed by atoms with Crippen molar-refractivity contribution in [3.05, 3.63) is 65.7 Å². The van der Waals surface area contributed by atoms with Gasteiger partial charge < -0.3 is 20.3 Å². The predicted octanol–water partition coefficient (Wildman–Crippen LogP) is 3.90. The van der Waals surface area contributed by atoms with Crippen LogP contribution in [-0.2, 0) is 27.4 Å². The molecule has 0 aromatic heterocycles. The van der Waals surface area contributed by atoms with Crippen molar-refractivity contribution in [3.63, 3.8) is 0 Å². The number of carboxylic acid groups (broad SMARTS) is 2. The molecule has 1 aliphatic carbocycles. The molecule has 7 nitrogen and oxygen atoms in total. The highest BCUT2D eigenvalue weighted by Gasteiger charge is 2.58. The van der Waals surface area contributed by atoms with Crippen molar-refractivity contribution >= 4 is 17.8 Å². The fraction of sp³-hybridized carbons (Fsp3) is 0.423. The summed E-state index contributed by atoms with van der Waals surface area (Å²) in [6, 6.07) is 15.8. The Balaban J connectivity index is 1.64. The molecule has 2 unspecified atom stereocenters. The van der Waals surface area contributed by atoms with Gasteiger partial charge in [-0.05, 0) is 41.5 Å². The highest BCUT2D eigenvalue weighted by Crippen LogP contribution is 2.56. The molecule has 3 atom stereocenters. The quantitative estimate of drug-likeness (QED) is 0.531. The Morgan fingerprint density at radius 3 is 2.18 bits per heavy atom. The molecule has 0 saturated heterocycles. The van der Waals surface area contributed by atoms with Gasteiger partial charge in [0.1, 0.15) is 18.4 Å². The Bertz CT molecular complexity index is 1000. The summed E-state index contributed by atoms with van der Waals surface area (Å²) >= 11 is 0. The third-order valence-electron chi connectivity index (χ3n) is 7.24. The van der Waals surface area contributed by atoms with E-state index in [2.05, 4.69) is 5.32 Å². The number of ether oxygens (including phenoxy) is 1. The van der Waals surface area contributed by atoms with Crippen LogP contribution in [0.1, 0.15) is 44.7 Å². The van der Waals surface area contributed by atoms with E-state index >= 15 is 0 Å². The van der Waals surface area contributed by atoms with E-state index in [1.54, 1.807) is 45.0 Å². The zero-order valence-corrected chi connectivity index (χ0v) is 19.2. The first-order valence-electron chi connectivity index (χ1n) is 11.1. The molecule has 7 heteroatoms. The summed E-state index contributed by atoms with van der Waals surface area (Å²) in [5, 5.41) is 21.9. The number of carbonyl (C=O) groups is 3. The number of benzene rings is 2. The molecule has 1 amide bonds. The molecule has 2 aromatic rings. The van der Waals surface area contributed by atoms with Gasteiger partial charge in [-0.25, -0.2) is 4.79 Å². The Morgan fingerprint density at radius 2 is 1.64 bits per heavy atom. The largest absolute Gasteiger partial charge is 0.489 e. The molecule has 0 bridgehead atoms. The monoisotopic (exact) mass is 453 g/mol. The van der Waals surface area contributed by atoms with Crippen molar-refractivity contribution in [2.75, 3.05) is 0 Å². The fourth-order valence-corrected chi connectivity index (χ4v) is 4.55. The number of carbonyl (C=O) groups excluding carboxylic acids is 1. The maximum absolute atomic E-state index is 13.1. The number of nitrogens with one attached hydrogen (secondary N) is 1. The van der Waals surface area contributed by atoms with Crippen molar-refractivity contribution < 1.29 is 29.3 Å². The lowest BCUT2D eigenvalue weighted by Crippen LogP contribution is -2.53. The molecule has 0 spiro atoms. The number of hydrogen-bond donors (Lipinski definition) is 3. The molecule has 0 heterocycles. The number of carboxylic acids is 2. The smallest absolute Gasteiger partial charge is 0.326 e. The highest BCUT2D eigenvalue weighted by molar-refractivity contribution is 5.89. The summed E-state index contributed by atoms with van der Waals surface area (Å²) in [5.74, 6) is -2.48. The number of hydrogen-bond acceptors (Lipinski definition) is 4. The van der Waals surface area contributed by atoms with Gasteiger partial charge >= 0.3 is 11.9 Å². The van der Waals surface area contributed by atoms with Gasteiger partial charge in [0.25, 0.3) is 0 Å². The molecule has 3 N–H and O–H groups in total. The molecular weight excluding hydrogens is 422 g/mol. The van der Waals surface area contributed by atoms with Crippen LogP contribution < -0.4 is 10.1 Å². The van der Waals surface area contributed by atoms with Crippen molar-refractivity contribution in [1.29, 1.82) is 0 Å². The van der Waals surface area contributed by atoms with Gasteiger partial charge in [-0.2, -0.15) is 0 Å². The molecule has 176 valence electrons. The molecule has 2 aromatic carbocycles. The lowest BCUT2D eigenvalue weighted by atomic mass is 9.65. The third kappa shape index (κ3) is 5.18. The SMILES string of the molecule is CC1(C(=O)N[C@@H](Cc2ccc(OCc3ccccc3)cc2)C(=O)O)CCC(C(=O)O)C1(C)C. The van der Waals surface area contributed by atoms with Crippen molar-refractivity contribution in [2.45, 2.75) is 52.7 Å². The fourth-order valence-electron chi connectivity index (χ4n) is 4.55. The minimum atomic E-state index is -1.14. The van der Waals surface area contributed by atoms with Crippen LogP contribution in [-0.4, -0.2) is 34.1 Å². The summed E-state index contributed by atoms with van der Waals surface area (Å²) < 4.78 is 5.76. The average molecular weight is 454 g/mol. The molecule has 33 heavy (non-hydrogen) atoms. The van der Waals surface area contributed by atoms with Crippen LogP contribution in [0.3, 0.4) is 0 Å². The second kappa shape index (κ2) is 9.65. The van der Waals surface area contributed by atoms with Crippen molar-refractivity contribution in [2.24, 2.45) is 16.7 Å². The molecule has 0 aliphatic heterocycles. The normalized spacial score (nSPS) is 22.3. The summed E-state index contributed by atoms with van der Waals surface area (Å²) in [5.41, 5.74) is 0.0143. The lowest BCUT2D eigenvalue weighted by Gasteiger charge is -2.39. The first-order chi connectivity index (χ1) is 15.5. The predicted molar refractivity (Wildman–Crippen MR) is 123 cm³/mol. The average Bonchev–Trinajstić information content (AvgIpc) is 3.03. The van der Waals surface area contributed by atoms with Crippen LogP contribution in [0.5, 0.6) is 5.75 Å². The van der Waals surface area contributed by atoms with E-state index in [1.807, 2.05) is 30.3 Å². The Morgan fingerprint density at radius 1 is 1.00 bits per heavy atom. The molecule has 1 fully saturated rings. The van der Waals surface area contributed by atoms with E-state index in [9.17, 15) is 24.6 Å². The lowest BCUT2D eigenvalue weighted by molar-refractivity contribution is -0.151. The second-order valence-electron chi connectivity index (χ2n) is 9.47. The van der Waals surface area contributed by atoms with Gasteiger partial charge in [0.15, 0.2) is 0 Å². The van der Waals surface area contributed by atoms with Gasteiger partial charge in [-0.15, -0.1) is 0 Å². The topological polar surface area (TPSA) is 113 Å². The van der Waals surface area contributed by atoms with Crippen LogP contribution in [0.25, 0.3) is 0 Å². The first kappa shape index (κ1) is 24.3. The van der Waals surface area contributed by atoms with Crippen LogP contribution in [0.2, 0.25) is 0 Å². The minimum Gasteiger partial charge on any atom is -0.489 e. The first-order valence-corrected chi connectivity index (χ1v) is 11.1. The molecule has 1 saturated carbocycles. The van der Waals surface area contributed by atoms with E-state index in [-0.39, 0.29) is 6.42 Å². The van der Waals surface area contributed by atoms with Crippen LogP contribution in [0, 0.1) is 16.7 Å². The van der Waals surface area contributed by atoms with Gasteiger partial charge in [0.2, 0.25) is 5.91 Å². The maximum atomic E-state index is 13.1. The summed E-state index contributed by atoms with van der Waals surface area (Å²) in [4.78, 5) is 36.6. The third-order valence-corrected chi connectivity index (χ3v) is 7.24. The van der Waals surface area contributed by atoms with Crippen LogP contribution >= 0.6 is 0 Å². The molecule has 3 rings (SSSR count). The number of amides is 1. The van der Waals surface area contributed by atoms with Gasteiger partial charge in [-0.1, -0.05) is 63.2 Å². The van der Waals surface area contributed by atoms with Gasteiger partial charge in [0.05, 0.1) is 11.3 Å². The molecule has 0 radical (unpaired) electrons. The van der Waals surface area contributed by atoms with Crippen molar-refractivity contribution in [1.82, 2.24) is 5.32 Å². The summed E-state index contributed by atoms with van der Waals surface area (Å²) in [6.07, 6.45) is 0.885. The van der Waals surface area contributed by atoms with E-state index < -0.39 is 40.6 Å². The van der Waals surface area contributed by atoms with E-state index in [4.69, 9.17) is 4.74 Å². The molecular formula is C26H31NO6. The zero-order valence-electron chi connectivity index (χ0n) is 19.2. The van der Waals surface area contributed by atoms with E-state index in [0.29, 0.717) is 25.2 Å². The highest BCUT2D eigenvalue weighted by atomic mass is 16.5. The van der Waals surface area contributed by atoms with E-state index in [1.165, 1.54) is 0 Å². The van der Waals surface area contributed by atoms with E-state index in [0.717, 1.165) is 11.1 Å². The Kier molecular flexibility index (Phi) is 7.10. The van der Waals surface area contributed by atoms with Crippen LogP contribution in [0.15, 0.2) is 54.6 Å². The van der Waals surface area contributed by atoms with Crippen LogP contribution in [0.4, 0.5) is 0 Å². The van der Waals surface area contributed by atoms with Gasteiger partial charge in [-0.3, -0.25) is 9.59 Å². The Hall–Kier alpha value is -3.35. The summed E-state index contributed by atoms with van der Waals surface area (Å²) in [7, 11) is 0. The molecule has 1 aliphatic rings. The maximum Gasteiger partial charge on any atom is 0.326 e.